The average Bonchev–Trinajstić information content (AvgIpc) is 3.01. The normalized spacial score (nSPS) is 17.0. The molecule has 3 aromatic rings. The van der Waals surface area contributed by atoms with E-state index in [1.807, 2.05) is 36.4 Å². The Kier molecular flexibility index (Phi) is 9.54. The number of methoxy groups -OCH3 is 1. The number of carbonyl (C=O) groups is 1. The van der Waals surface area contributed by atoms with E-state index in [1.54, 1.807) is 49.7 Å². The Morgan fingerprint density at radius 1 is 1.05 bits per heavy atom. The average molecular weight is 590 g/mol. The lowest BCUT2D eigenvalue weighted by Crippen LogP contribution is -2.48. The van der Waals surface area contributed by atoms with Crippen molar-refractivity contribution in [2.75, 3.05) is 38.0 Å². The molecule has 0 unspecified atom stereocenters. The fourth-order valence-corrected chi connectivity index (χ4v) is 6.92. The number of para-hydroxylation sites is 1. The number of nitrogens with zero attached hydrogens (tertiary/aromatic N) is 4. The van der Waals surface area contributed by atoms with Crippen LogP contribution in [0.4, 0.5) is 11.4 Å². The van der Waals surface area contributed by atoms with Gasteiger partial charge in [0.1, 0.15) is 10.6 Å². The van der Waals surface area contributed by atoms with Gasteiger partial charge in [0.25, 0.3) is 15.9 Å². The lowest BCUT2D eigenvalue weighted by Gasteiger charge is -2.35. The first-order valence-corrected chi connectivity index (χ1v) is 16.1. The van der Waals surface area contributed by atoms with Gasteiger partial charge in [0.2, 0.25) is 0 Å². The third kappa shape index (κ3) is 7.17. The molecule has 0 spiro atoms. The van der Waals surface area contributed by atoms with Gasteiger partial charge < -0.3 is 9.64 Å². The molecular weight excluding hydrogens is 550 g/mol. The van der Waals surface area contributed by atoms with E-state index >= 15 is 0 Å². The van der Waals surface area contributed by atoms with Crippen LogP contribution in [0, 0.1) is 12.8 Å². The molecule has 1 aliphatic carbocycles. The summed E-state index contributed by atoms with van der Waals surface area (Å²) in [6, 6.07) is 13.7. The van der Waals surface area contributed by atoms with Gasteiger partial charge in [-0.3, -0.25) is 24.4 Å². The summed E-state index contributed by atoms with van der Waals surface area (Å²) in [4.78, 5) is 26.3. The molecule has 0 radical (unpaired) electrons. The van der Waals surface area contributed by atoms with Crippen LogP contribution in [0.1, 0.15) is 53.6 Å². The molecule has 2 heterocycles. The summed E-state index contributed by atoms with van der Waals surface area (Å²) in [5.41, 5.74) is 3.22. The van der Waals surface area contributed by atoms with E-state index in [-0.39, 0.29) is 10.8 Å². The third-order valence-electron chi connectivity index (χ3n) is 8.07. The van der Waals surface area contributed by atoms with Crippen molar-refractivity contribution in [3.05, 3.63) is 77.6 Å². The molecule has 2 aromatic carbocycles. The molecule has 1 N–H and O–H groups in total. The minimum Gasteiger partial charge on any atom is -0.496 e. The van der Waals surface area contributed by atoms with Crippen molar-refractivity contribution in [1.82, 2.24) is 14.8 Å². The van der Waals surface area contributed by atoms with Gasteiger partial charge >= 0.3 is 0 Å². The van der Waals surface area contributed by atoms with Gasteiger partial charge in [-0.15, -0.1) is 0 Å². The van der Waals surface area contributed by atoms with Crippen LogP contribution >= 0.6 is 0 Å². The van der Waals surface area contributed by atoms with E-state index in [9.17, 15) is 13.2 Å². The first-order valence-electron chi connectivity index (χ1n) is 14.6. The Labute approximate surface area is 248 Å². The van der Waals surface area contributed by atoms with E-state index < -0.39 is 10.0 Å². The summed E-state index contributed by atoms with van der Waals surface area (Å²) in [6.07, 6.45) is 11.3. The quantitative estimate of drug-likeness (QED) is 0.334. The summed E-state index contributed by atoms with van der Waals surface area (Å²) in [7, 11) is -2.24. The van der Waals surface area contributed by atoms with Crippen molar-refractivity contribution in [2.45, 2.75) is 50.5 Å². The number of benzene rings is 2. The van der Waals surface area contributed by atoms with E-state index in [4.69, 9.17) is 4.74 Å². The summed E-state index contributed by atoms with van der Waals surface area (Å²) < 4.78 is 34.9. The fraction of sp³-hybridized carbons (Fsp3) is 0.406. The first kappa shape index (κ1) is 29.7. The second-order valence-electron chi connectivity index (χ2n) is 11.0. The van der Waals surface area contributed by atoms with E-state index in [1.165, 1.54) is 19.3 Å². The van der Waals surface area contributed by atoms with Crippen molar-refractivity contribution in [2.24, 2.45) is 10.9 Å². The third-order valence-corrected chi connectivity index (χ3v) is 9.48. The number of aliphatic imine (C=N–C) groups is 1. The van der Waals surface area contributed by atoms with E-state index in [0.29, 0.717) is 42.5 Å². The van der Waals surface area contributed by atoms with Gasteiger partial charge in [0, 0.05) is 68.1 Å². The maximum absolute atomic E-state index is 13.4. The summed E-state index contributed by atoms with van der Waals surface area (Å²) >= 11 is 0. The van der Waals surface area contributed by atoms with Crippen molar-refractivity contribution < 1.29 is 17.9 Å². The number of hydrogen-bond donors (Lipinski definition) is 1. The number of anilines is 1. The molecule has 1 aromatic heterocycles. The van der Waals surface area contributed by atoms with Gasteiger partial charge in [-0.25, -0.2) is 8.42 Å². The Balaban J connectivity index is 1.21. The second-order valence-corrected chi connectivity index (χ2v) is 12.7. The Bertz CT molecular complexity index is 1510. The highest BCUT2D eigenvalue weighted by atomic mass is 32.2. The predicted molar refractivity (Wildman–Crippen MR) is 165 cm³/mol. The topological polar surface area (TPSA) is 104 Å². The molecule has 0 atom stereocenters. The SMILES string of the molecule is COc1ccncc1CN1CCN(C(=O)c2ccc(NS(=O)(=O)c3cccc(C)c3N=CC3CCCCC3)cc2)CC1. The minimum absolute atomic E-state index is 0.0685. The Morgan fingerprint density at radius 2 is 1.79 bits per heavy atom. The van der Waals surface area contributed by atoms with Crippen LogP contribution in [0.3, 0.4) is 0 Å². The molecular formula is C32H39N5O4S. The number of ether oxygens (including phenoxy) is 1. The number of sulfonamides is 1. The lowest BCUT2D eigenvalue weighted by molar-refractivity contribution is 0.0627. The largest absolute Gasteiger partial charge is 0.496 e. The zero-order chi connectivity index (χ0) is 29.5. The van der Waals surface area contributed by atoms with Gasteiger partial charge in [-0.1, -0.05) is 31.4 Å². The number of aromatic nitrogens is 1. The Hall–Kier alpha value is -3.76. The maximum Gasteiger partial charge on any atom is 0.264 e. The highest BCUT2D eigenvalue weighted by Crippen LogP contribution is 2.31. The van der Waals surface area contributed by atoms with Crippen LogP contribution in [0.5, 0.6) is 5.75 Å². The first-order chi connectivity index (χ1) is 20.3. The molecule has 1 saturated heterocycles. The molecule has 1 amide bonds. The number of nitrogens with one attached hydrogen (secondary N) is 1. The molecule has 9 nitrogen and oxygen atoms in total. The summed E-state index contributed by atoms with van der Waals surface area (Å²) in [6.45, 7) is 5.28. The zero-order valence-corrected chi connectivity index (χ0v) is 25.1. The van der Waals surface area contributed by atoms with Gasteiger partial charge in [-0.05, 0) is 67.6 Å². The minimum atomic E-state index is -3.89. The molecule has 1 saturated carbocycles. The van der Waals surface area contributed by atoms with Gasteiger partial charge in [-0.2, -0.15) is 0 Å². The van der Waals surface area contributed by atoms with Crippen LogP contribution < -0.4 is 9.46 Å². The predicted octanol–water partition coefficient (Wildman–Crippen LogP) is 5.44. The summed E-state index contributed by atoms with van der Waals surface area (Å²) in [5, 5.41) is 0. The van der Waals surface area contributed by atoms with Crippen molar-refractivity contribution in [1.29, 1.82) is 0 Å². The lowest BCUT2D eigenvalue weighted by atomic mass is 9.90. The standard InChI is InChI=1S/C32H39N5O4S/c1-24-7-6-10-30(31(24)34-21-25-8-4-3-5-9-25)42(39,40)35-28-13-11-26(12-14-28)32(38)37-19-17-36(18-20-37)23-27-22-33-16-15-29(27)41-2/h6-7,10-16,21-22,25,35H,3-5,8-9,17-20,23H2,1-2H3. The molecule has 5 rings (SSSR count). The monoisotopic (exact) mass is 589 g/mol. The highest BCUT2D eigenvalue weighted by molar-refractivity contribution is 7.92. The van der Waals surface area contributed by atoms with Crippen LogP contribution in [0.15, 0.2) is 70.8 Å². The molecule has 222 valence electrons. The van der Waals surface area contributed by atoms with Gasteiger partial charge in [0.05, 0.1) is 12.8 Å². The molecule has 0 bridgehead atoms. The van der Waals surface area contributed by atoms with Crippen LogP contribution in [0.25, 0.3) is 0 Å². The number of hydrogen-bond acceptors (Lipinski definition) is 7. The van der Waals surface area contributed by atoms with Crippen LogP contribution in [0.2, 0.25) is 0 Å². The number of piperazine rings is 1. The number of pyridine rings is 1. The van der Waals surface area contributed by atoms with Crippen molar-refractivity contribution in [3.63, 3.8) is 0 Å². The van der Waals surface area contributed by atoms with Crippen molar-refractivity contribution >= 4 is 33.5 Å². The van der Waals surface area contributed by atoms with Crippen LogP contribution in [-0.4, -0.2) is 68.6 Å². The number of rotatable bonds is 9. The number of carbonyl (C=O) groups excluding carboxylic acids is 1. The number of aryl methyl sites for hydroxylation is 1. The number of amides is 1. The highest BCUT2D eigenvalue weighted by Gasteiger charge is 2.24. The smallest absolute Gasteiger partial charge is 0.264 e. The molecule has 2 fully saturated rings. The second kappa shape index (κ2) is 13.5. The maximum atomic E-state index is 13.4. The van der Waals surface area contributed by atoms with E-state index in [0.717, 1.165) is 42.8 Å². The fourth-order valence-electron chi connectivity index (χ4n) is 5.63. The Morgan fingerprint density at radius 3 is 2.50 bits per heavy atom. The van der Waals surface area contributed by atoms with Gasteiger partial charge in [0.15, 0.2) is 0 Å². The summed E-state index contributed by atoms with van der Waals surface area (Å²) in [5.74, 6) is 1.13. The van der Waals surface area contributed by atoms with E-state index in [2.05, 4.69) is 19.6 Å². The molecule has 1 aliphatic heterocycles. The zero-order valence-electron chi connectivity index (χ0n) is 24.3. The molecule has 10 heteroatoms. The van der Waals surface area contributed by atoms with Crippen molar-refractivity contribution in [3.8, 4) is 5.75 Å². The molecule has 2 aliphatic rings. The molecule has 42 heavy (non-hydrogen) atoms. The van der Waals surface area contributed by atoms with Crippen LogP contribution in [-0.2, 0) is 16.6 Å².